The van der Waals surface area contributed by atoms with Crippen molar-refractivity contribution in [2.24, 2.45) is 0 Å². The van der Waals surface area contributed by atoms with Crippen LogP contribution >= 0.6 is 0 Å². The third-order valence-electron chi connectivity index (χ3n) is 13.9. The number of amides is 8. The Kier molecular flexibility index (Phi) is 14.1. The molecule has 1 saturated heterocycles. The predicted molar refractivity (Wildman–Crippen MR) is 251 cm³/mol. The second-order valence-electron chi connectivity index (χ2n) is 18.0. The molecule has 0 aliphatic carbocycles. The standard InChI is InChI=1S/C52H56N8O8/c61-45-37-13-1-2-14-38(37)46(62)57(45)25-9-21-53-29-31-54(22-10-26-58-47(63)39-15-3-4-16-40(39)48(58)64)33-35-56(24-12-28-60-51(67)43-19-7-8-20-44(43)52(60)68)36-34-55(32-30-53)23-11-27-59-49(65)41-17-5-6-18-42(41)50(59)66/h1-8,13-20H,9-12,21-36H2. The SMILES string of the molecule is O=C1c2ccccc2C(=O)N1CCCN1CCN(CCCN2C(=O)c3ccccc3C2=O)CCN(CCCN2C(=O)c3ccccc3C2=O)CCN(CCCN2C(=O)c3ccccc3C2=O)CC1. The zero-order valence-corrected chi connectivity index (χ0v) is 38.2. The number of hydrogen-bond donors (Lipinski definition) is 0. The van der Waals surface area contributed by atoms with Crippen molar-refractivity contribution in [1.82, 2.24) is 39.2 Å². The van der Waals surface area contributed by atoms with Gasteiger partial charge in [0.1, 0.15) is 0 Å². The Hall–Kier alpha value is -6.72. The van der Waals surface area contributed by atoms with Crippen LogP contribution in [0.4, 0.5) is 0 Å². The van der Waals surface area contributed by atoms with Gasteiger partial charge >= 0.3 is 0 Å². The predicted octanol–water partition coefficient (Wildman–Crippen LogP) is 3.95. The van der Waals surface area contributed by atoms with Crippen molar-refractivity contribution in [3.63, 3.8) is 0 Å². The van der Waals surface area contributed by atoms with Crippen LogP contribution in [-0.4, -0.2) is 191 Å². The molecule has 5 aliphatic rings. The molecule has 8 amide bonds. The second-order valence-corrected chi connectivity index (χ2v) is 18.0. The molecule has 0 unspecified atom stereocenters. The van der Waals surface area contributed by atoms with Gasteiger partial charge in [-0.2, -0.15) is 0 Å². The average Bonchev–Trinajstić information content (AvgIpc) is 3.95. The van der Waals surface area contributed by atoms with Crippen molar-refractivity contribution >= 4 is 47.3 Å². The van der Waals surface area contributed by atoms with Crippen LogP contribution in [0.5, 0.6) is 0 Å². The Balaban J connectivity index is 0.881. The van der Waals surface area contributed by atoms with Gasteiger partial charge in [-0.05, 0) is 100 Å². The lowest BCUT2D eigenvalue weighted by Gasteiger charge is -2.35. The molecular weight excluding hydrogens is 865 g/mol. The lowest BCUT2D eigenvalue weighted by Crippen LogP contribution is -2.47. The Morgan fingerprint density at radius 2 is 0.382 bits per heavy atom. The lowest BCUT2D eigenvalue weighted by atomic mass is 10.1. The van der Waals surface area contributed by atoms with Crippen LogP contribution in [0.2, 0.25) is 0 Å². The van der Waals surface area contributed by atoms with Gasteiger partial charge in [0, 0.05) is 78.5 Å². The average molecular weight is 921 g/mol. The van der Waals surface area contributed by atoms with Crippen molar-refractivity contribution in [1.29, 1.82) is 0 Å². The number of carbonyl (C=O) groups excluding carboxylic acids is 8. The molecule has 68 heavy (non-hydrogen) atoms. The van der Waals surface area contributed by atoms with Crippen molar-refractivity contribution < 1.29 is 38.4 Å². The van der Waals surface area contributed by atoms with Crippen molar-refractivity contribution in [3.05, 3.63) is 142 Å². The molecule has 1 fully saturated rings. The van der Waals surface area contributed by atoms with E-state index in [2.05, 4.69) is 19.6 Å². The summed E-state index contributed by atoms with van der Waals surface area (Å²) in [4.78, 5) is 120. The molecule has 16 heteroatoms. The highest BCUT2D eigenvalue weighted by Crippen LogP contribution is 2.26. The summed E-state index contributed by atoms with van der Waals surface area (Å²) in [5.41, 5.74) is 3.41. The number of imide groups is 4. The van der Waals surface area contributed by atoms with E-state index in [1.54, 1.807) is 97.1 Å². The summed E-state index contributed by atoms with van der Waals surface area (Å²) in [6.07, 6.45) is 2.30. The molecule has 352 valence electrons. The quantitative estimate of drug-likeness (QED) is 0.149. The highest BCUT2D eigenvalue weighted by atomic mass is 16.2. The lowest BCUT2D eigenvalue weighted by molar-refractivity contribution is 0.0616. The van der Waals surface area contributed by atoms with Gasteiger partial charge in [0.15, 0.2) is 0 Å². The number of benzene rings is 4. The summed E-state index contributed by atoms with van der Waals surface area (Å²) in [6.45, 7) is 9.08. The molecule has 0 bridgehead atoms. The minimum Gasteiger partial charge on any atom is -0.301 e. The largest absolute Gasteiger partial charge is 0.301 e. The molecule has 0 N–H and O–H groups in total. The zero-order chi connectivity index (χ0) is 47.3. The van der Waals surface area contributed by atoms with Crippen LogP contribution in [0.3, 0.4) is 0 Å². The summed E-state index contributed by atoms with van der Waals surface area (Å²) in [5.74, 6) is -2.21. The van der Waals surface area contributed by atoms with E-state index in [4.69, 9.17) is 0 Å². The topological polar surface area (TPSA) is 162 Å². The molecule has 0 spiro atoms. The second kappa shape index (κ2) is 20.7. The molecule has 0 atom stereocenters. The molecule has 4 aromatic rings. The van der Waals surface area contributed by atoms with Crippen LogP contribution in [0.1, 0.15) is 109 Å². The van der Waals surface area contributed by atoms with Gasteiger partial charge in [0.25, 0.3) is 47.3 Å². The summed E-state index contributed by atoms with van der Waals surface area (Å²) < 4.78 is 0. The van der Waals surface area contributed by atoms with Gasteiger partial charge in [0.2, 0.25) is 0 Å². The third kappa shape index (κ3) is 9.54. The Morgan fingerprint density at radius 1 is 0.235 bits per heavy atom. The molecule has 0 aromatic heterocycles. The molecule has 0 radical (unpaired) electrons. The van der Waals surface area contributed by atoms with Crippen molar-refractivity contribution in [3.8, 4) is 0 Å². The summed E-state index contributed by atoms with van der Waals surface area (Å²) >= 11 is 0. The van der Waals surface area contributed by atoms with Crippen molar-refractivity contribution in [2.75, 3.05) is 105 Å². The third-order valence-corrected chi connectivity index (χ3v) is 13.9. The van der Waals surface area contributed by atoms with Crippen LogP contribution in [0.25, 0.3) is 0 Å². The van der Waals surface area contributed by atoms with Gasteiger partial charge in [-0.3, -0.25) is 58.0 Å². The number of fused-ring (bicyclic) bond motifs is 4. The van der Waals surface area contributed by atoms with Crippen molar-refractivity contribution in [2.45, 2.75) is 25.7 Å². The molecule has 16 nitrogen and oxygen atoms in total. The van der Waals surface area contributed by atoms with Gasteiger partial charge in [-0.15, -0.1) is 0 Å². The van der Waals surface area contributed by atoms with E-state index in [9.17, 15) is 38.4 Å². The highest BCUT2D eigenvalue weighted by Gasteiger charge is 2.38. The van der Waals surface area contributed by atoms with E-state index in [0.29, 0.717) is 149 Å². The fourth-order valence-corrected chi connectivity index (χ4v) is 10.1. The van der Waals surface area contributed by atoms with E-state index in [1.165, 1.54) is 19.6 Å². The maximum atomic E-state index is 13.2. The van der Waals surface area contributed by atoms with E-state index in [-0.39, 0.29) is 73.4 Å². The van der Waals surface area contributed by atoms with Gasteiger partial charge in [0.05, 0.1) is 44.5 Å². The van der Waals surface area contributed by atoms with Crippen LogP contribution in [0, 0.1) is 0 Å². The van der Waals surface area contributed by atoms with E-state index in [1.807, 2.05) is 0 Å². The van der Waals surface area contributed by atoms with Gasteiger partial charge in [-0.1, -0.05) is 48.5 Å². The molecule has 9 rings (SSSR count). The Labute approximate surface area is 395 Å². The number of nitrogens with zero attached hydrogens (tertiary/aromatic N) is 8. The molecule has 4 aromatic carbocycles. The van der Waals surface area contributed by atoms with E-state index in [0.717, 1.165) is 0 Å². The minimum atomic E-state index is -0.277. The summed E-state index contributed by atoms with van der Waals surface area (Å²) in [5, 5.41) is 0. The van der Waals surface area contributed by atoms with Gasteiger partial charge in [-0.25, -0.2) is 0 Å². The first-order valence-corrected chi connectivity index (χ1v) is 23.8. The normalized spacial score (nSPS) is 18.7. The molecule has 0 saturated carbocycles. The fraction of sp³-hybridized carbons (Fsp3) is 0.385. The maximum Gasteiger partial charge on any atom is 0.261 e. The zero-order valence-electron chi connectivity index (χ0n) is 38.2. The fourth-order valence-electron chi connectivity index (χ4n) is 10.1. The van der Waals surface area contributed by atoms with Crippen LogP contribution < -0.4 is 0 Å². The molecule has 5 heterocycles. The van der Waals surface area contributed by atoms with E-state index < -0.39 is 0 Å². The monoisotopic (exact) mass is 920 g/mol. The Bertz CT molecular complexity index is 2140. The highest BCUT2D eigenvalue weighted by molar-refractivity contribution is 6.23. The smallest absolute Gasteiger partial charge is 0.261 e. The minimum absolute atomic E-state index is 0.277. The number of hydrogen-bond acceptors (Lipinski definition) is 12. The first-order valence-electron chi connectivity index (χ1n) is 23.8. The molecular formula is C52H56N8O8. The first-order chi connectivity index (χ1) is 33.1. The molecule has 5 aliphatic heterocycles. The number of carbonyl (C=O) groups is 8. The summed E-state index contributed by atoms with van der Waals surface area (Å²) in [7, 11) is 0. The Morgan fingerprint density at radius 3 is 0.529 bits per heavy atom. The van der Waals surface area contributed by atoms with Gasteiger partial charge < -0.3 is 19.6 Å². The first kappa shape index (κ1) is 46.4. The van der Waals surface area contributed by atoms with Crippen LogP contribution in [0.15, 0.2) is 97.1 Å². The summed E-state index contributed by atoms with van der Waals surface area (Å²) in [6, 6.07) is 27.6. The maximum absolute atomic E-state index is 13.2. The number of rotatable bonds is 16. The van der Waals surface area contributed by atoms with E-state index >= 15 is 0 Å². The van der Waals surface area contributed by atoms with Crippen LogP contribution in [-0.2, 0) is 0 Å².